The van der Waals surface area contributed by atoms with E-state index < -0.39 is 17.9 Å². The number of urea groups is 1. The zero-order valence-corrected chi connectivity index (χ0v) is 11.1. The molecule has 0 atom stereocenters. The van der Waals surface area contributed by atoms with E-state index in [1.54, 1.807) is 11.8 Å². The van der Waals surface area contributed by atoms with E-state index in [0.717, 1.165) is 31.1 Å². The number of rotatable bonds is 8. The van der Waals surface area contributed by atoms with E-state index >= 15 is 0 Å². The van der Waals surface area contributed by atoms with Crippen LogP contribution in [-0.4, -0.2) is 41.6 Å². The van der Waals surface area contributed by atoms with E-state index in [-0.39, 0.29) is 0 Å². The van der Waals surface area contributed by atoms with Gasteiger partial charge in [0.2, 0.25) is 0 Å². The van der Waals surface area contributed by atoms with Gasteiger partial charge in [0.05, 0.1) is 0 Å². The molecule has 0 unspecified atom stereocenters. The topological polar surface area (TPSA) is 95.5 Å². The molecule has 0 aliphatic rings. The van der Waals surface area contributed by atoms with Crippen LogP contribution in [-0.2, 0) is 9.59 Å². The number of hydrogen-bond acceptors (Lipinski definition) is 4. The van der Waals surface area contributed by atoms with Gasteiger partial charge in [0.25, 0.3) is 5.91 Å². The number of imide groups is 1. The van der Waals surface area contributed by atoms with Gasteiger partial charge in [0, 0.05) is 18.7 Å². The Bertz CT molecular complexity index is 318. The minimum absolute atomic E-state index is 0.496. The maximum absolute atomic E-state index is 11.2. The van der Waals surface area contributed by atoms with Crippen LogP contribution >= 0.6 is 11.8 Å². The van der Waals surface area contributed by atoms with E-state index in [4.69, 9.17) is 5.11 Å². The van der Waals surface area contributed by atoms with Gasteiger partial charge in [-0.15, -0.1) is 0 Å². The first kappa shape index (κ1) is 16.5. The van der Waals surface area contributed by atoms with Crippen LogP contribution < -0.4 is 10.6 Å². The summed E-state index contributed by atoms with van der Waals surface area (Å²) in [5.41, 5.74) is 0. The quantitative estimate of drug-likeness (QED) is 0.453. The Morgan fingerprint density at radius 3 is 2.50 bits per heavy atom. The molecule has 6 nitrogen and oxygen atoms in total. The average Bonchev–Trinajstić information content (AvgIpc) is 2.31. The number of nitrogens with one attached hydrogen (secondary N) is 2. The SMILES string of the molecule is CSCCCCCNC(=O)NC(=O)/C=C/C(=O)O. The first-order chi connectivity index (χ1) is 8.56. The molecule has 0 spiro atoms. The van der Waals surface area contributed by atoms with Crippen molar-refractivity contribution in [1.82, 2.24) is 10.6 Å². The second-order valence-corrected chi connectivity index (χ2v) is 4.46. The van der Waals surface area contributed by atoms with Gasteiger partial charge >= 0.3 is 12.0 Å². The molecule has 3 amide bonds. The van der Waals surface area contributed by atoms with E-state index in [9.17, 15) is 14.4 Å². The van der Waals surface area contributed by atoms with Crippen LogP contribution in [0.1, 0.15) is 19.3 Å². The van der Waals surface area contributed by atoms with Gasteiger partial charge in [-0.3, -0.25) is 10.1 Å². The van der Waals surface area contributed by atoms with E-state index in [1.807, 2.05) is 11.6 Å². The van der Waals surface area contributed by atoms with Crippen molar-refractivity contribution in [2.24, 2.45) is 0 Å². The fourth-order valence-electron chi connectivity index (χ4n) is 1.09. The number of aliphatic carboxylic acids is 1. The Morgan fingerprint density at radius 2 is 1.89 bits per heavy atom. The van der Waals surface area contributed by atoms with E-state index in [2.05, 4.69) is 5.32 Å². The third kappa shape index (κ3) is 11.0. The molecule has 0 aromatic heterocycles. The van der Waals surface area contributed by atoms with Crippen molar-refractivity contribution >= 4 is 29.7 Å². The molecule has 7 heteroatoms. The Labute approximate surface area is 110 Å². The third-order valence-electron chi connectivity index (χ3n) is 1.92. The first-order valence-electron chi connectivity index (χ1n) is 5.55. The van der Waals surface area contributed by atoms with Crippen LogP contribution in [0.5, 0.6) is 0 Å². The summed E-state index contributed by atoms with van der Waals surface area (Å²) in [5, 5.41) is 12.8. The summed E-state index contributed by atoms with van der Waals surface area (Å²) in [4.78, 5) is 32.3. The van der Waals surface area contributed by atoms with Crippen molar-refractivity contribution in [3.63, 3.8) is 0 Å². The third-order valence-corrected chi connectivity index (χ3v) is 2.62. The molecule has 0 heterocycles. The molecule has 0 aromatic carbocycles. The fraction of sp³-hybridized carbons (Fsp3) is 0.545. The lowest BCUT2D eigenvalue weighted by Crippen LogP contribution is -2.39. The van der Waals surface area contributed by atoms with Crippen molar-refractivity contribution in [2.45, 2.75) is 19.3 Å². The van der Waals surface area contributed by atoms with Crippen LogP contribution in [0.4, 0.5) is 4.79 Å². The molecule has 0 radical (unpaired) electrons. The zero-order valence-electron chi connectivity index (χ0n) is 10.3. The Kier molecular flexibility index (Phi) is 9.75. The first-order valence-corrected chi connectivity index (χ1v) is 6.94. The van der Waals surface area contributed by atoms with E-state index in [0.29, 0.717) is 12.6 Å². The Balaban J connectivity index is 3.59. The second-order valence-electron chi connectivity index (χ2n) is 3.47. The smallest absolute Gasteiger partial charge is 0.328 e. The summed E-state index contributed by atoms with van der Waals surface area (Å²) in [6.45, 7) is 0.496. The van der Waals surface area contributed by atoms with Crippen molar-refractivity contribution < 1.29 is 19.5 Å². The van der Waals surface area contributed by atoms with Crippen molar-refractivity contribution in [3.8, 4) is 0 Å². The standard InChI is InChI=1S/C11H18N2O4S/c1-18-8-4-2-3-7-12-11(17)13-9(14)5-6-10(15)16/h5-6H,2-4,7-8H2,1H3,(H,15,16)(H2,12,13,14,17)/b6-5+. The summed E-state index contributed by atoms with van der Waals surface area (Å²) in [6, 6.07) is -0.611. The number of unbranched alkanes of at least 4 members (excludes halogenated alkanes) is 2. The predicted molar refractivity (Wildman–Crippen MR) is 70.6 cm³/mol. The lowest BCUT2D eigenvalue weighted by Gasteiger charge is -2.04. The summed E-state index contributed by atoms with van der Waals surface area (Å²) in [7, 11) is 0. The lowest BCUT2D eigenvalue weighted by molar-refractivity contribution is -0.131. The van der Waals surface area contributed by atoms with Crippen LogP contribution in [0.25, 0.3) is 0 Å². The summed E-state index contributed by atoms with van der Waals surface area (Å²) in [5.74, 6) is -0.887. The van der Waals surface area contributed by atoms with Gasteiger partial charge in [0.1, 0.15) is 0 Å². The molecule has 0 saturated carbocycles. The monoisotopic (exact) mass is 274 g/mol. The summed E-state index contributed by atoms with van der Waals surface area (Å²) < 4.78 is 0. The molecule has 0 fully saturated rings. The molecule has 18 heavy (non-hydrogen) atoms. The van der Waals surface area contributed by atoms with Crippen LogP contribution in [0.3, 0.4) is 0 Å². The highest BCUT2D eigenvalue weighted by atomic mass is 32.2. The Morgan fingerprint density at radius 1 is 1.17 bits per heavy atom. The average molecular weight is 274 g/mol. The van der Waals surface area contributed by atoms with Gasteiger partial charge in [-0.2, -0.15) is 11.8 Å². The minimum atomic E-state index is -1.24. The number of hydrogen-bond donors (Lipinski definition) is 3. The lowest BCUT2D eigenvalue weighted by atomic mass is 10.2. The molecule has 0 bridgehead atoms. The molecule has 3 N–H and O–H groups in total. The van der Waals surface area contributed by atoms with Crippen LogP contribution in [0.2, 0.25) is 0 Å². The largest absolute Gasteiger partial charge is 0.478 e. The van der Waals surface area contributed by atoms with Gasteiger partial charge in [0.15, 0.2) is 0 Å². The van der Waals surface area contributed by atoms with Crippen molar-refractivity contribution in [3.05, 3.63) is 12.2 Å². The molecule has 0 rings (SSSR count). The minimum Gasteiger partial charge on any atom is -0.478 e. The maximum Gasteiger partial charge on any atom is 0.328 e. The predicted octanol–water partition coefficient (Wildman–Crippen LogP) is 0.986. The molecular weight excluding hydrogens is 256 g/mol. The highest BCUT2D eigenvalue weighted by molar-refractivity contribution is 7.98. The molecule has 0 saturated heterocycles. The van der Waals surface area contributed by atoms with Gasteiger partial charge in [-0.1, -0.05) is 6.42 Å². The molecule has 0 aliphatic carbocycles. The normalized spacial score (nSPS) is 10.3. The molecule has 0 aliphatic heterocycles. The second kappa shape index (κ2) is 10.6. The van der Waals surface area contributed by atoms with Gasteiger partial charge in [-0.25, -0.2) is 9.59 Å². The number of carbonyl (C=O) groups is 3. The van der Waals surface area contributed by atoms with Crippen molar-refractivity contribution in [1.29, 1.82) is 0 Å². The number of carboxylic acid groups (broad SMARTS) is 1. The van der Waals surface area contributed by atoms with Crippen molar-refractivity contribution in [2.75, 3.05) is 18.6 Å². The fourth-order valence-corrected chi connectivity index (χ4v) is 1.59. The number of thioether (sulfide) groups is 1. The highest BCUT2D eigenvalue weighted by Crippen LogP contribution is 2.00. The number of amides is 3. The van der Waals surface area contributed by atoms with Crippen LogP contribution in [0, 0.1) is 0 Å². The highest BCUT2D eigenvalue weighted by Gasteiger charge is 2.03. The molecule has 102 valence electrons. The Hall–Kier alpha value is -1.50. The number of carboxylic acids is 1. The number of carbonyl (C=O) groups excluding carboxylic acids is 2. The molecule has 0 aromatic rings. The maximum atomic E-state index is 11.2. The van der Waals surface area contributed by atoms with Crippen LogP contribution in [0.15, 0.2) is 12.2 Å². The van der Waals surface area contributed by atoms with E-state index in [1.165, 1.54) is 0 Å². The van der Waals surface area contributed by atoms with Gasteiger partial charge < -0.3 is 10.4 Å². The molecular formula is C11H18N2O4S. The summed E-state index contributed by atoms with van der Waals surface area (Å²) in [6.07, 6.45) is 6.49. The summed E-state index contributed by atoms with van der Waals surface area (Å²) >= 11 is 1.78. The van der Waals surface area contributed by atoms with Gasteiger partial charge in [-0.05, 0) is 24.9 Å². The zero-order chi connectivity index (χ0) is 13.8.